The van der Waals surface area contributed by atoms with Gasteiger partial charge >= 0.3 is 0 Å². The molecule has 2 aliphatic rings. The minimum atomic E-state index is -3.87. The Labute approximate surface area is 260 Å². The van der Waals surface area contributed by atoms with Crippen molar-refractivity contribution < 1.29 is 17.9 Å². The lowest BCUT2D eigenvalue weighted by Gasteiger charge is -2.35. The number of sulfonamides is 1. The van der Waals surface area contributed by atoms with E-state index in [0.29, 0.717) is 36.9 Å². The van der Waals surface area contributed by atoms with Crippen molar-refractivity contribution in [3.63, 3.8) is 0 Å². The number of ether oxygens (including phenoxy) is 1. The first kappa shape index (κ1) is 30.1. The molecule has 8 nitrogen and oxygen atoms in total. The van der Waals surface area contributed by atoms with Crippen molar-refractivity contribution in [2.24, 2.45) is 5.92 Å². The molecule has 2 heterocycles. The molecule has 0 atom stereocenters. The first-order valence-corrected chi connectivity index (χ1v) is 17.0. The summed E-state index contributed by atoms with van der Waals surface area (Å²) >= 11 is 0. The van der Waals surface area contributed by atoms with Crippen LogP contribution < -0.4 is 14.9 Å². The summed E-state index contributed by atoms with van der Waals surface area (Å²) in [5.74, 6) is 0.388. The van der Waals surface area contributed by atoms with Crippen LogP contribution in [0.5, 0.6) is 0 Å². The van der Waals surface area contributed by atoms with Crippen molar-refractivity contribution >= 4 is 38.1 Å². The summed E-state index contributed by atoms with van der Waals surface area (Å²) in [5, 5.41) is 4.90. The molecule has 0 aliphatic carbocycles. The van der Waals surface area contributed by atoms with Crippen molar-refractivity contribution in [1.29, 1.82) is 0 Å². The molecule has 0 unspecified atom stereocenters. The zero-order chi connectivity index (χ0) is 30.4. The van der Waals surface area contributed by atoms with E-state index in [1.54, 1.807) is 24.3 Å². The number of nitrogens with one attached hydrogen (secondary N) is 2. The quantitative estimate of drug-likeness (QED) is 0.257. The van der Waals surface area contributed by atoms with Gasteiger partial charge < -0.3 is 15.0 Å². The number of anilines is 2. The predicted octanol–water partition coefficient (Wildman–Crippen LogP) is 5.16. The van der Waals surface area contributed by atoms with Crippen LogP contribution in [0.4, 0.5) is 11.4 Å². The largest absolute Gasteiger partial charge is 0.379 e. The van der Waals surface area contributed by atoms with Gasteiger partial charge in [0, 0.05) is 50.6 Å². The SMILES string of the molecule is O=C(NCCN1CCOCC1)c1cc(NS(=O)(=O)c2ccc3ccccc3c2)ccc1N1CCC(Cc2ccccc2)CC1. The molecule has 2 aliphatic heterocycles. The topological polar surface area (TPSA) is 91.0 Å². The van der Waals surface area contributed by atoms with E-state index in [-0.39, 0.29) is 10.8 Å². The summed E-state index contributed by atoms with van der Waals surface area (Å²) in [5.41, 5.74) is 3.03. The molecule has 0 aromatic heterocycles. The summed E-state index contributed by atoms with van der Waals surface area (Å²) in [6.07, 6.45) is 3.12. The van der Waals surface area contributed by atoms with Gasteiger partial charge in [-0.3, -0.25) is 14.4 Å². The summed E-state index contributed by atoms with van der Waals surface area (Å²) in [7, 11) is -3.87. The zero-order valence-electron chi connectivity index (χ0n) is 25.0. The van der Waals surface area contributed by atoms with Gasteiger partial charge in [-0.2, -0.15) is 0 Å². The second kappa shape index (κ2) is 13.8. The van der Waals surface area contributed by atoms with Crippen LogP contribution in [0.2, 0.25) is 0 Å². The Morgan fingerprint density at radius 3 is 2.32 bits per heavy atom. The van der Waals surface area contributed by atoms with E-state index in [9.17, 15) is 13.2 Å². The van der Waals surface area contributed by atoms with Gasteiger partial charge in [0.25, 0.3) is 15.9 Å². The molecule has 2 fully saturated rings. The smallest absolute Gasteiger partial charge is 0.261 e. The number of hydrogen-bond acceptors (Lipinski definition) is 6. The standard InChI is InChI=1S/C35H40N4O4S/c40-35(36-16-19-38-20-22-43-23-21-38)33-26-31(37-44(41,42)32-12-10-29-8-4-5-9-30(29)25-32)11-13-34(33)39-17-14-28(15-18-39)24-27-6-2-1-3-7-27/h1-13,25-26,28,37H,14-24H2,(H,36,40). The van der Waals surface area contributed by atoms with Gasteiger partial charge in [-0.15, -0.1) is 0 Å². The molecule has 2 N–H and O–H groups in total. The van der Waals surface area contributed by atoms with Crippen molar-refractivity contribution in [2.75, 3.05) is 62.1 Å². The highest BCUT2D eigenvalue weighted by Gasteiger charge is 2.25. The second-order valence-electron chi connectivity index (χ2n) is 11.7. The molecule has 4 aromatic carbocycles. The van der Waals surface area contributed by atoms with Gasteiger partial charge in [0.2, 0.25) is 0 Å². The molecule has 0 bridgehead atoms. The third kappa shape index (κ3) is 7.41. The van der Waals surface area contributed by atoms with Crippen molar-refractivity contribution in [1.82, 2.24) is 10.2 Å². The molecule has 0 radical (unpaired) electrons. The van der Waals surface area contributed by atoms with Crippen LogP contribution in [0.15, 0.2) is 95.9 Å². The summed E-state index contributed by atoms with van der Waals surface area (Å²) < 4.78 is 35.0. The molecule has 0 spiro atoms. The number of morpholine rings is 1. The predicted molar refractivity (Wildman–Crippen MR) is 176 cm³/mol. The number of carbonyl (C=O) groups excluding carboxylic acids is 1. The minimum absolute atomic E-state index is 0.178. The maximum atomic E-state index is 13.6. The fourth-order valence-electron chi connectivity index (χ4n) is 6.18. The molecule has 2 saturated heterocycles. The molecule has 4 aromatic rings. The summed E-state index contributed by atoms with van der Waals surface area (Å²) in [4.78, 5) is 18.3. The van der Waals surface area contributed by atoms with Crippen molar-refractivity contribution in [3.05, 3.63) is 102 Å². The monoisotopic (exact) mass is 612 g/mol. The van der Waals surface area contributed by atoms with Gasteiger partial charge in [-0.1, -0.05) is 60.7 Å². The number of benzene rings is 4. The maximum absolute atomic E-state index is 13.6. The fraction of sp³-hybridized carbons (Fsp3) is 0.343. The highest BCUT2D eigenvalue weighted by atomic mass is 32.2. The highest BCUT2D eigenvalue weighted by molar-refractivity contribution is 7.92. The third-order valence-electron chi connectivity index (χ3n) is 8.66. The number of fused-ring (bicyclic) bond motifs is 1. The lowest BCUT2D eigenvalue weighted by Crippen LogP contribution is -2.41. The molecule has 9 heteroatoms. The first-order valence-electron chi connectivity index (χ1n) is 15.5. The Morgan fingerprint density at radius 1 is 0.818 bits per heavy atom. The zero-order valence-corrected chi connectivity index (χ0v) is 25.8. The number of carbonyl (C=O) groups is 1. The van der Waals surface area contributed by atoms with E-state index in [1.165, 1.54) is 5.56 Å². The lowest BCUT2D eigenvalue weighted by atomic mass is 9.89. The molecular formula is C35H40N4O4S. The van der Waals surface area contributed by atoms with E-state index >= 15 is 0 Å². The molecular weight excluding hydrogens is 572 g/mol. The van der Waals surface area contributed by atoms with Gasteiger partial charge in [0.1, 0.15) is 0 Å². The van der Waals surface area contributed by atoms with Gasteiger partial charge in [-0.05, 0) is 71.8 Å². The van der Waals surface area contributed by atoms with Crippen molar-refractivity contribution in [3.8, 4) is 0 Å². The Morgan fingerprint density at radius 2 is 1.55 bits per heavy atom. The molecule has 230 valence electrons. The van der Waals surface area contributed by atoms with Gasteiger partial charge in [0.15, 0.2) is 0 Å². The van der Waals surface area contributed by atoms with Crippen LogP contribution in [0.25, 0.3) is 10.8 Å². The van der Waals surface area contributed by atoms with Crippen LogP contribution in [0, 0.1) is 5.92 Å². The van der Waals surface area contributed by atoms with E-state index in [0.717, 1.165) is 68.4 Å². The molecule has 1 amide bonds. The van der Waals surface area contributed by atoms with Crippen molar-refractivity contribution in [2.45, 2.75) is 24.2 Å². The number of amides is 1. The number of nitrogens with zero attached hydrogens (tertiary/aromatic N) is 2. The normalized spacial score (nSPS) is 16.6. The second-order valence-corrected chi connectivity index (χ2v) is 13.4. The van der Waals surface area contributed by atoms with Crippen LogP contribution in [0.3, 0.4) is 0 Å². The molecule has 44 heavy (non-hydrogen) atoms. The Hall–Kier alpha value is -3.92. The maximum Gasteiger partial charge on any atom is 0.261 e. The van der Waals surface area contributed by atoms with Crippen LogP contribution in [-0.2, 0) is 21.2 Å². The lowest BCUT2D eigenvalue weighted by molar-refractivity contribution is 0.0383. The number of piperidine rings is 1. The van der Waals surface area contributed by atoms with Gasteiger partial charge in [-0.25, -0.2) is 8.42 Å². The van der Waals surface area contributed by atoms with Crippen LogP contribution >= 0.6 is 0 Å². The Balaban J connectivity index is 1.19. The number of rotatable bonds is 10. The van der Waals surface area contributed by atoms with Gasteiger partial charge in [0.05, 0.1) is 23.7 Å². The molecule has 0 saturated carbocycles. The Kier molecular flexibility index (Phi) is 9.45. The van der Waals surface area contributed by atoms with E-state index < -0.39 is 10.0 Å². The number of hydrogen-bond donors (Lipinski definition) is 2. The van der Waals surface area contributed by atoms with E-state index in [1.807, 2.05) is 42.5 Å². The fourth-order valence-corrected chi connectivity index (χ4v) is 7.26. The summed E-state index contributed by atoms with van der Waals surface area (Å²) in [6.45, 7) is 6.04. The average Bonchev–Trinajstić information content (AvgIpc) is 3.06. The van der Waals surface area contributed by atoms with Crippen LogP contribution in [-0.4, -0.2) is 71.7 Å². The van der Waals surface area contributed by atoms with E-state index in [2.05, 4.69) is 44.1 Å². The summed E-state index contributed by atoms with van der Waals surface area (Å²) in [6, 6.07) is 28.7. The van der Waals surface area contributed by atoms with E-state index in [4.69, 9.17) is 4.74 Å². The average molecular weight is 613 g/mol. The molecule has 6 rings (SSSR count). The third-order valence-corrected chi connectivity index (χ3v) is 10.0. The van der Waals surface area contributed by atoms with Crippen LogP contribution in [0.1, 0.15) is 28.8 Å². The minimum Gasteiger partial charge on any atom is -0.379 e. The highest BCUT2D eigenvalue weighted by Crippen LogP contribution is 2.31. The first-order chi connectivity index (χ1) is 21.4. The Bertz CT molecular complexity index is 1680.